The molecule has 114 valence electrons. The molecule has 0 aliphatic carbocycles. The Balaban J connectivity index is 1.91. The fourth-order valence-corrected chi connectivity index (χ4v) is 2.41. The number of amides is 2. The molecule has 2 heterocycles. The Morgan fingerprint density at radius 1 is 1.33 bits per heavy atom. The predicted molar refractivity (Wildman–Crippen MR) is 80.7 cm³/mol. The number of carbonyl (C=O) groups is 2. The summed E-state index contributed by atoms with van der Waals surface area (Å²) in [6.45, 7) is 1.89. The van der Waals surface area contributed by atoms with Crippen LogP contribution in [-0.4, -0.2) is 36.4 Å². The Labute approximate surface area is 123 Å². The summed E-state index contributed by atoms with van der Waals surface area (Å²) >= 11 is 0. The molecule has 7 heteroatoms. The average Bonchev–Trinajstić information content (AvgIpc) is 2.48. The molecule has 0 unspecified atom stereocenters. The third kappa shape index (κ3) is 4.16. The van der Waals surface area contributed by atoms with Gasteiger partial charge in [-0.2, -0.15) is 0 Å². The number of rotatable bonds is 5. The summed E-state index contributed by atoms with van der Waals surface area (Å²) in [6.07, 6.45) is 3.54. The highest BCUT2D eigenvalue weighted by Gasteiger charge is 2.23. The zero-order chi connectivity index (χ0) is 15.2. The molecule has 5 N–H and O–H groups in total. The van der Waals surface area contributed by atoms with Gasteiger partial charge < -0.3 is 21.7 Å². The van der Waals surface area contributed by atoms with E-state index >= 15 is 0 Å². The van der Waals surface area contributed by atoms with Gasteiger partial charge in [-0.15, -0.1) is 0 Å². The lowest BCUT2D eigenvalue weighted by Gasteiger charge is -2.32. The van der Waals surface area contributed by atoms with Crippen molar-refractivity contribution >= 4 is 23.3 Å². The van der Waals surface area contributed by atoms with Gasteiger partial charge in [0, 0.05) is 32.0 Å². The molecule has 21 heavy (non-hydrogen) atoms. The van der Waals surface area contributed by atoms with Gasteiger partial charge in [-0.1, -0.05) is 0 Å². The van der Waals surface area contributed by atoms with E-state index < -0.39 is 0 Å². The molecule has 1 aliphatic heterocycles. The van der Waals surface area contributed by atoms with Gasteiger partial charge in [0.1, 0.15) is 5.82 Å². The minimum atomic E-state index is -0.217. The minimum absolute atomic E-state index is 0.0240. The lowest BCUT2D eigenvalue weighted by molar-refractivity contribution is -0.122. The summed E-state index contributed by atoms with van der Waals surface area (Å²) < 4.78 is 0. The third-order valence-electron chi connectivity index (χ3n) is 3.65. The Bertz CT molecular complexity index is 495. The van der Waals surface area contributed by atoms with Crippen LogP contribution in [0, 0.1) is 5.92 Å². The second kappa shape index (κ2) is 7.03. The molecule has 2 amide bonds. The monoisotopic (exact) mass is 291 g/mol. The normalized spacial score (nSPS) is 15.8. The van der Waals surface area contributed by atoms with Crippen molar-refractivity contribution in [3.63, 3.8) is 0 Å². The van der Waals surface area contributed by atoms with Crippen LogP contribution < -0.4 is 21.7 Å². The summed E-state index contributed by atoms with van der Waals surface area (Å²) in [7, 11) is 0. The molecule has 1 aromatic heterocycles. The van der Waals surface area contributed by atoms with E-state index in [2.05, 4.69) is 15.2 Å². The number of carbonyl (C=O) groups excluding carboxylic acids is 2. The number of nitrogens with zero attached hydrogens (tertiary/aromatic N) is 2. The van der Waals surface area contributed by atoms with Gasteiger partial charge in [-0.05, 0) is 25.0 Å². The van der Waals surface area contributed by atoms with Crippen LogP contribution in [0.25, 0.3) is 0 Å². The van der Waals surface area contributed by atoms with Crippen molar-refractivity contribution < 1.29 is 9.59 Å². The second-order valence-electron chi connectivity index (χ2n) is 5.15. The van der Waals surface area contributed by atoms with Crippen molar-refractivity contribution in [3.05, 3.63) is 18.3 Å². The van der Waals surface area contributed by atoms with Gasteiger partial charge in [-0.3, -0.25) is 9.59 Å². The molecule has 0 atom stereocenters. The number of nitrogens with one attached hydrogen (secondary N) is 1. The van der Waals surface area contributed by atoms with Crippen LogP contribution in [0.2, 0.25) is 0 Å². The molecule has 0 aromatic carbocycles. The van der Waals surface area contributed by atoms with Gasteiger partial charge in [0.15, 0.2) is 0 Å². The van der Waals surface area contributed by atoms with E-state index in [1.54, 1.807) is 12.3 Å². The maximum Gasteiger partial charge on any atom is 0.226 e. The highest BCUT2D eigenvalue weighted by atomic mass is 16.2. The second-order valence-corrected chi connectivity index (χ2v) is 5.15. The van der Waals surface area contributed by atoms with Gasteiger partial charge in [0.2, 0.25) is 11.8 Å². The van der Waals surface area contributed by atoms with Gasteiger partial charge in [-0.25, -0.2) is 4.98 Å². The van der Waals surface area contributed by atoms with Crippen molar-refractivity contribution in [2.24, 2.45) is 17.4 Å². The van der Waals surface area contributed by atoms with Crippen molar-refractivity contribution in [1.82, 2.24) is 4.98 Å². The fourth-order valence-electron chi connectivity index (χ4n) is 2.41. The van der Waals surface area contributed by atoms with E-state index in [-0.39, 0.29) is 24.2 Å². The van der Waals surface area contributed by atoms with Crippen LogP contribution in [0.4, 0.5) is 11.5 Å². The molecule has 0 radical (unpaired) electrons. The van der Waals surface area contributed by atoms with E-state index in [9.17, 15) is 9.59 Å². The van der Waals surface area contributed by atoms with Crippen LogP contribution in [0.3, 0.4) is 0 Å². The Hall–Kier alpha value is -2.15. The maximum absolute atomic E-state index is 11.4. The molecule has 7 nitrogen and oxygen atoms in total. The fraction of sp³-hybridized carbons (Fsp3) is 0.500. The first-order valence-corrected chi connectivity index (χ1v) is 7.10. The molecular formula is C14H21N5O2. The lowest BCUT2D eigenvalue weighted by Crippen LogP contribution is -2.38. The topological polar surface area (TPSA) is 114 Å². The predicted octanol–water partition coefficient (Wildman–Crippen LogP) is 0.0706. The molecule has 0 bridgehead atoms. The number of aromatic nitrogens is 1. The van der Waals surface area contributed by atoms with Crippen molar-refractivity contribution in [3.8, 4) is 0 Å². The number of pyridine rings is 1. The minimum Gasteiger partial charge on any atom is -0.370 e. The molecule has 2 rings (SSSR count). The van der Waals surface area contributed by atoms with Crippen LogP contribution >= 0.6 is 0 Å². The van der Waals surface area contributed by atoms with Crippen molar-refractivity contribution in [2.75, 3.05) is 29.9 Å². The number of anilines is 2. The Morgan fingerprint density at radius 2 is 2.05 bits per heavy atom. The molecule has 1 aliphatic rings. The summed E-state index contributed by atoms with van der Waals surface area (Å²) in [5.41, 5.74) is 11.6. The third-order valence-corrected chi connectivity index (χ3v) is 3.65. The first-order valence-electron chi connectivity index (χ1n) is 7.10. The van der Waals surface area contributed by atoms with E-state index in [4.69, 9.17) is 11.5 Å². The van der Waals surface area contributed by atoms with E-state index in [1.807, 2.05) is 6.07 Å². The summed E-state index contributed by atoms with van der Waals surface area (Å²) in [4.78, 5) is 28.9. The van der Waals surface area contributed by atoms with Crippen LogP contribution in [0.15, 0.2) is 18.3 Å². The van der Waals surface area contributed by atoms with Gasteiger partial charge in [0.25, 0.3) is 0 Å². The number of hydrogen-bond donors (Lipinski definition) is 3. The molecule has 0 spiro atoms. The molecule has 0 saturated carbocycles. The van der Waals surface area contributed by atoms with E-state index in [1.165, 1.54) is 0 Å². The van der Waals surface area contributed by atoms with Gasteiger partial charge in [0.05, 0.1) is 11.9 Å². The number of nitrogens with two attached hydrogens (primary N) is 2. The largest absolute Gasteiger partial charge is 0.370 e. The molecule has 1 fully saturated rings. The molecule has 1 saturated heterocycles. The maximum atomic E-state index is 11.4. The average molecular weight is 291 g/mol. The van der Waals surface area contributed by atoms with Crippen molar-refractivity contribution in [1.29, 1.82) is 0 Å². The van der Waals surface area contributed by atoms with Crippen molar-refractivity contribution in [2.45, 2.75) is 19.3 Å². The Morgan fingerprint density at radius 3 is 2.57 bits per heavy atom. The number of primary amides is 1. The summed E-state index contributed by atoms with van der Waals surface area (Å²) in [5.74, 6) is 0.138. The smallest absolute Gasteiger partial charge is 0.226 e. The lowest BCUT2D eigenvalue weighted by atomic mass is 9.96. The molecular weight excluding hydrogens is 270 g/mol. The van der Waals surface area contributed by atoms with Crippen LogP contribution in [0.5, 0.6) is 0 Å². The van der Waals surface area contributed by atoms with Gasteiger partial charge >= 0.3 is 0 Å². The number of piperidine rings is 1. The van der Waals surface area contributed by atoms with E-state index in [0.29, 0.717) is 12.4 Å². The van der Waals surface area contributed by atoms with Crippen LogP contribution in [-0.2, 0) is 9.59 Å². The highest BCUT2D eigenvalue weighted by molar-refractivity contribution is 5.89. The Kier molecular flexibility index (Phi) is 5.10. The first kappa shape index (κ1) is 15.2. The quantitative estimate of drug-likeness (QED) is 0.710. The highest BCUT2D eigenvalue weighted by Crippen LogP contribution is 2.23. The SMILES string of the molecule is NCCC(=O)Nc1ccc(N2CCC(C(N)=O)CC2)cn1. The standard InChI is InChI=1S/C14H21N5O2/c15-6-3-13(20)18-12-2-1-11(9-17-12)19-7-4-10(5-8-19)14(16)21/h1-2,9-10H,3-8,15H2,(H2,16,21)(H,17,18,20). The zero-order valence-electron chi connectivity index (χ0n) is 11.9. The zero-order valence-corrected chi connectivity index (χ0v) is 11.9. The summed E-state index contributed by atoms with van der Waals surface area (Å²) in [5, 5.41) is 2.69. The number of hydrogen-bond acceptors (Lipinski definition) is 5. The summed E-state index contributed by atoms with van der Waals surface area (Å²) in [6, 6.07) is 3.68. The van der Waals surface area contributed by atoms with E-state index in [0.717, 1.165) is 31.6 Å². The van der Waals surface area contributed by atoms with Crippen LogP contribution in [0.1, 0.15) is 19.3 Å². The first-order chi connectivity index (χ1) is 10.1. The molecule has 1 aromatic rings.